The molecule has 4 heterocycles. The first kappa shape index (κ1) is 15.7. The van der Waals surface area contributed by atoms with Crippen molar-refractivity contribution in [1.29, 1.82) is 0 Å². The zero-order chi connectivity index (χ0) is 17.4. The molecule has 3 aromatic rings. The van der Waals surface area contributed by atoms with Gasteiger partial charge in [-0.1, -0.05) is 0 Å². The highest BCUT2D eigenvalue weighted by molar-refractivity contribution is 5.92. The van der Waals surface area contributed by atoms with Crippen LogP contribution in [-0.4, -0.2) is 49.1 Å². The van der Waals surface area contributed by atoms with Gasteiger partial charge in [-0.15, -0.1) is 0 Å². The first-order valence-electron chi connectivity index (χ1n) is 8.61. The fourth-order valence-electron chi connectivity index (χ4n) is 3.42. The zero-order valence-electron chi connectivity index (χ0n) is 14.5. The number of fused-ring (bicyclic) bond motifs is 1. The van der Waals surface area contributed by atoms with E-state index in [2.05, 4.69) is 15.4 Å². The van der Waals surface area contributed by atoms with Crippen LogP contribution in [0.4, 0.5) is 5.69 Å². The number of aryl methyl sites for hydroxylation is 2. The van der Waals surface area contributed by atoms with E-state index in [1.807, 2.05) is 60.1 Å². The molecule has 25 heavy (non-hydrogen) atoms. The largest absolute Gasteiger partial charge is 0.379 e. The van der Waals surface area contributed by atoms with E-state index < -0.39 is 0 Å². The second-order valence-electron chi connectivity index (χ2n) is 6.56. The van der Waals surface area contributed by atoms with Gasteiger partial charge in [0.2, 0.25) is 0 Å². The number of hydrogen-bond acceptors (Lipinski definition) is 4. The van der Waals surface area contributed by atoms with E-state index >= 15 is 0 Å². The average molecular weight is 338 g/mol. The molecule has 7 heteroatoms. The number of nitrogens with one attached hydrogen (secondary N) is 1. The molecule has 1 aliphatic rings. The van der Waals surface area contributed by atoms with E-state index in [0.29, 0.717) is 6.04 Å². The van der Waals surface area contributed by atoms with Crippen LogP contribution in [0.2, 0.25) is 0 Å². The van der Waals surface area contributed by atoms with Gasteiger partial charge in [0.25, 0.3) is 5.91 Å². The van der Waals surface area contributed by atoms with Gasteiger partial charge in [-0.25, -0.2) is 9.50 Å². The first-order chi connectivity index (χ1) is 12.1. The van der Waals surface area contributed by atoms with Crippen molar-refractivity contribution in [2.45, 2.75) is 25.8 Å². The molecule has 0 bridgehead atoms. The van der Waals surface area contributed by atoms with Crippen LogP contribution in [0.5, 0.6) is 0 Å². The van der Waals surface area contributed by atoms with E-state index in [1.165, 1.54) is 0 Å². The predicted molar refractivity (Wildman–Crippen MR) is 95.7 cm³/mol. The maximum atomic E-state index is 12.6. The fourth-order valence-corrected chi connectivity index (χ4v) is 3.42. The summed E-state index contributed by atoms with van der Waals surface area (Å²) in [7, 11) is 1.91. The van der Waals surface area contributed by atoms with Crippen LogP contribution in [0, 0.1) is 6.92 Å². The lowest BCUT2D eigenvalue weighted by Gasteiger charge is -2.33. The minimum absolute atomic E-state index is 0.112. The molecule has 3 aromatic heterocycles. The Balaban J connectivity index is 1.42. The topological polar surface area (TPSA) is 67.5 Å². The quantitative estimate of drug-likeness (QED) is 0.794. The van der Waals surface area contributed by atoms with Crippen molar-refractivity contribution >= 4 is 17.2 Å². The highest BCUT2D eigenvalue weighted by Crippen LogP contribution is 2.21. The molecule has 7 nitrogen and oxygen atoms in total. The molecule has 1 saturated heterocycles. The molecule has 0 spiro atoms. The highest BCUT2D eigenvalue weighted by atomic mass is 16.2. The van der Waals surface area contributed by atoms with Gasteiger partial charge in [0.05, 0.1) is 5.69 Å². The van der Waals surface area contributed by atoms with Crippen LogP contribution < -0.4 is 5.32 Å². The summed E-state index contributed by atoms with van der Waals surface area (Å²) < 4.78 is 3.67. The smallest absolute Gasteiger partial charge is 0.270 e. The van der Waals surface area contributed by atoms with Crippen molar-refractivity contribution in [2.75, 3.05) is 18.4 Å². The third-order valence-electron chi connectivity index (χ3n) is 4.77. The Morgan fingerprint density at radius 1 is 1.20 bits per heavy atom. The third kappa shape index (κ3) is 2.97. The van der Waals surface area contributed by atoms with Crippen molar-refractivity contribution in [1.82, 2.24) is 24.1 Å². The Morgan fingerprint density at radius 3 is 2.68 bits per heavy atom. The summed E-state index contributed by atoms with van der Waals surface area (Å²) in [6.07, 6.45) is 5.65. The molecule has 130 valence electrons. The number of pyridine rings is 1. The average Bonchev–Trinajstić information content (AvgIpc) is 3.20. The Labute approximate surface area is 146 Å². The molecule has 4 rings (SSSR count). The molecule has 1 aliphatic heterocycles. The number of carbonyl (C=O) groups excluding carboxylic acids is 1. The molecule has 1 N–H and O–H groups in total. The second-order valence-corrected chi connectivity index (χ2v) is 6.56. The molecule has 0 aromatic carbocycles. The molecular formula is C18H22N6O. The van der Waals surface area contributed by atoms with Gasteiger partial charge < -0.3 is 14.8 Å². The number of piperidine rings is 1. The SMILES string of the molecule is Cc1nc2c(NC3CCN(C(=O)c4cccn4C)CC3)cccn2n1. The van der Waals surface area contributed by atoms with E-state index in [9.17, 15) is 4.79 Å². The molecule has 0 atom stereocenters. The fraction of sp³-hybridized carbons (Fsp3) is 0.389. The molecule has 0 saturated carbocycles. The summed E-state index contributed by atoms with van der Waals surface area (Å²) in [5, 5.41) is 7.93. The number of aromatic nitrogens is 4. The van der Waals surface area contributed by atoms with E-state index in [-0.39, 0.29) is 5.91 Å². The maximum absolute atomic E-state index is 12.6. The van der Waals surface area contributed by atoms with Gasteiger partial charge in [-0.05, 0) is 44.0 Å². The van der Waals surface area contributed by atoms with Gasteiger partial charge in [0.1, 0.15) is 11.5 Å². The number of anilines is 1. The van der Waals surface area contributed by atoms with Crippen LogP contribution >= 0.6 is 0 Å². The lowest BCUT2D eigenvalue weighted by atomic mass is 10.0. The van der Waals surface area contributed by atoms with Gasteiger partial charge in [0.15, 0.2) is 5.65 Å². The monoisotopic (exact) mass is 338 g/mol. The van der Waals surface area contributed by atoms with Gasteiger partial charge in [-0.2, -0.15) is 5.10 Å². The summed E-state index contributed by atoms with van der Waals surface area (Å²) in [6.45, 7) is 3.41. The number of carbonyl (C=O) groups is 1. The molecule has 0 unspecified atom stereocenters. The normalized spacial score (nSPS) is 15.7. The Bertz CT molecular complexity index is 903. The van der Waals surface area contributed by atoms with E-state index in [1.54, 1.807) is 4.52 Å². The van der Waals surface area contributed by atoms with Crippen molar-refractivity contribution in [3.63, 3.8) is 0 Å². The van der Waals surface area contributed by atoms with Gasteiger partial charge in [0, 0.05) is 38.6 Å². The van der Waals surface area contributed by atoms with Crippen molar-refractivity contribution in [3.8, 4) is 0 Å². The first-order valence-corrected chi connectivity index (χ1v) is 8.61. The highest BCUT2D eigenvalue weighted by Gasteiger charge is 2.25. The van der Waals surface area contributed by atoms with Crippen LogP contribution in [0.15, 0.2) is 36.7 Å². The molecule has 0 radical (unpaired) electrons. The van der Waals surface area contributed by atoms with Crippen LogP contribution in [0.3, 0.4) is 0 Å². The summed E-state index contributed by atoms with van der Waals surface area (Å²) in [5.74, 6) is 0.873. The minimum Gasteiger partial charge on any atom is -0.379 e. The Morgan fingerprint density at radius 2 is 1.96 bits per heavy atom. The standard InChI is InChI=1S/C18H22N6O/c1-13-19-17-15(5-3-10-24(17)21-13)20-14-7-11-23(12-8-14)18(25)16-6-4-9-22(16)2/h3-6,9-10,14,20H,7-8,11-12H2,1-2H3. The lowest BCUT2D eigenvalue weighted by Crippen LogP contribution is -2.42. The lowest BCUT2D eigenvalue weighted by molar-refractivity contribution is 0.0709. The van der Waals surface area contributed by atoms with E-state index in [0.717, 1.165) is 48.8 Å². The van der Waals surface area contributed by atoms with Crippen LogP contribution in [0.1, 0.15) is 29.2 Å². The number of hydrogen-bond donors (Lipinski definition) is 1. The zero-order valence-corrected chi connectivity index (χ0v) is 14.5. The summed E-state index contributed by atoms with van der Waals surface area (Å²) in [5.41, 5.74) is 2.59. The predicted octanol–water partition coefficient (Wildman–Crippen LogP) is 2.09. The van der Waals surface area contributed by atoms with Crippen molar-refractivity contribution in [3.05, 3.63) is 48.2 Å². The Kier molecular flexibility index (Phi) is 3.91. The number of nitrogens with zero attached hydrogens (tertiary/aromatic N) is 5. The van der Waals surface area contributed by atoms with Crippen molar-refractivity contribution < 1.29 is 4.79 Å². The number of rotatable bonds is 3. The number of likely N-dealkylation sites (tertiary alicyclic amines) is 1. The van der Waals surface area contributed by atoms with Gasteiger partial charge in [-0.3, -0.25) is 4.79 Å². The van der Waals surface area contributed by atoms with E-state index in [4.69, 9.17) is 0 Å². The molecule has 0 aliphatic carbocycles. The third-order valence-corrected chi connectivity index (χ3v) is 4.77. The summed E-state index contributed by atoms with van der Waals surface area (Å²) >= 11 is 0. The number of amides is 1. The second kappa shape index (κ2) is 6.23. The van der Waals surface area contributed by atoms with Crippen molar-refractivity contribution in [2.24, 2.45) is 7.05 Å². The molecule has 1 fully saturated rings. The summed E-state index contributed by atoms with van der Waals surface area (Å²) in [6, 6.07) is 8.12. The maximum Gasteiger partial charge on any atom is 0.270 e. The molecule has 1 amide bonds. The Hall–Kier alpha value is -2.83. The summed E-state index contributed by atoms with van der Waals surface area (Å²) in [4.78, 5) is 19.0. The molecular weight excluding hydrogens is 316 g/mol. The minimum atomic E-state index is 0.112. The van der Waals surface area contributed by atoms with Crippen LogP contribution in [-0.2, 0) is 7.05 Å². The van der Waals surface area contributed by atoms with Gasteiger partial charge >= 0.3 is 0 Å². The van der Waals surface area contributed by atoms with Crippen LogP contribution in [0.25, 0.3) is 5.65 Å².